The minimum Gasteiger partial charge on any atom is -0.153 e. The van der Waals surface area contributed by atoms with Crippen molar-refractivity contribution in [2.24, 2.45) is 0 Å². The van der Waals surface area contributed by atoms with Crippen LogP contribution in [0.15, 0.2) is 31.4 Å². The van der Waals surface area contributed by atoms with Crippen LogP contribution in [0.1, 0.15) is 36.5 Å². The van der Waals surface area contributed by atoms with Crippen LogP contribution < -0.4 is 0 Å². The highest BCUT2D eigenvalue weighted by atomic mass is 31.0. The van der Waals surface area contributed by atoms with E-state index < -0.39 is 0 Å². The molecule has 0 heterocycles. The molecule has 0 spiro atoms. The van der Waals surface area contributed by atoms with Crippen LogP contribution in [-0.4, -0.2) is 0 Å². The number of benzene rings is 1. The molecule has 0 radical (unpaired) electrons. The smallest absolute Gasteiger partial charge is 0.0219 e. The summed E-state index contributed by atoms with van der Waals surface area (Å²) in [5.41, 5.74) is 4.19. The first-order valence-electron chi connectivity index (χ1n) is 4.68. The Bertz CT molecular complexity index is 244. The second kappa shape index (κ2) is 7.76. The third-order valence-corrected chi connectivity index (χ3v) is 1.91. The van der Waals surface area contributed by atoms with Crippen molar-refractivity contribution < 1.29 is 0 Å². The summed E-state index contributed by atoms with van der Waals surface area (Å²) in [4.78, 5) is 0. The van der Waals surface area contributed by atoms with Crippen LogP contribution in [0.25, 0.3) is 0 Å². The van der Waals surface area contributed by atoms with Crippen LogP contribution in [0.2, 0.25) is 0 Å². The van der Waals surface area contributed by atoms with Gasteiger partial charge in [0.25, 0.3) is 0 Å². The largest absolute Gasteiger partial charge is 0.153 e. The molecule has 0 aliphatic rings. The van der Waals surface area contributed by atoms with Crippen molar-refractivity contribution in [2.75, 3.05) is 0 Å². The highest BCUT2D eigenvalue weighted by molar-refractivity contribution is 6.92. The molecule has 0 nitrogen and oxygen atoms in total. The van der Waals surface area contributed by atoms with E-state index in [-0.39, 0.29) is 9.90 Å². The van der Waals surface area contributed by atoms with Crippen molar-refractivity contribution in [1.82, 2.24) is 0 Å². The van der Waals surface area contributed by atoms with E-state index in [0.717, 1.165) is 0 Å². The summed E-state index contributed by atoms with van der Waals surface area (Å²) in [6.07, 6.45) is 0. The van der Waals surface area contributed by atoms with E-state index >= 15 is 0 Å². The summed E-state index contributed by atoms with van der Waals surface area (Å²) in [6.45, 7) is 14.8. The third-order valence-electron chi connectivity index (χ3n) is 1.91. The normalized spacial score (nSPS) is 8.64. The maximum atomic E-state index is 3.00. The summed E-state index contributed by atoms with van der Waals surface area (Å²) >= 11 is 0. The quantitative estimate of drug-likeness (QED) is 0.479. The van der Waals surface area contributed by atoms with Crippen LogP contribution in [0.5, 0.6) is 0 Å². The van der Waals surface area contributed by atoms with E-state index in [1.54, 1.807) is 0 Å². The molecule has 80 valence electrons. The fraction of sp³-hybridized carbons (Fsp3) is 0.385. The van der Waals surface area contributed by atoms with Gasteiger partial charge in [0, 0.05) is 0 Å². The number of aryl methyl sites for hydroxylation is 2. The van der Waals surface area contributed by atoms with E-state index in [0.29, 0.717) is 5.92 Å². The molecule has 0 aliphatic heterocycles. The van der Waals surface area contributed by atoms with Crippen molar-refractivity contribution in [3.63, 3.8) is 0 Å². The second-order valence-electron chi connectivity index (χ2n) is 3.58. The van der Waals surface area contributed by atoms with Crippen LogP contribution >= 0.6 is 9.90 Å². The first-order chi connectivity index (χ1) is 6.09. The highest BCUT2D eigenvalue weighted by Gasteiger charge is 1.99. The Kier molecular flexibility index (Phi) is 8.79. The van der Waals surface area contributed by atoms with E-state index in [9.17, 15) is 0 Å². The number of hydrogen-bond donors (Lipinski definition) is 0. The Hall–Kier alpha value is -0.610. The van der Waals surface area contributed by atoms with Crippen LogP contribution in [0.3, 0.4) is 0 Å². The van der Waals surface area contributed by atoms with Gasteiger partial charge in [-0.25, -0.2) is 0 Å². The van der Waals surface area contributed by atoms with Gasteiger partial charge in [-0.2, -0.15) is 9.90 Å². The van der Waals surface area contributed by atoms with Crippen molar-refractivity contribution in [3.8, 4) is 0 Å². The Morgan fingerprint density at radius 1 is 0.929 bits per heavy atom. The zero-order valence-electron chi connectivity index (χ0n) is 9.93. The molecule has 1 rings (SSSR count). The van der Waals surface area contributed by atoms with E-state index in [1.165, 1.54) is 16.7 Å². The summed E-state index contributed by atoms with van der Waals surface area (Å²) in [5, 5.41) is 0. The van der Waals surface area contributed by atoms with Crippen molar-refractivity contribution in [1.29, 1.82) is 0 Å². The zero-order chi connectivity index (χ0) is 10.4. The highest BCUT2D eigenvalue weighted by Crippen LogP contribution is 2.17. The van der Waals surface area contributed by atoms with Gasteiger partial charge >= 0.3 is 0 Å². The number of rotatable bonds is 1. The Morgan fingerprint density at radius 2 is 1.29 bits per heavy atom. The lowest BCUT2D eigenvalue weighted by atomic mass is 9.99. The molecule has 0 fully saturated rings. The van der Waals surface area contributed by atoms with Gasteiger partial charge in [0.2, 0.25) is 0 Å². The van der Waals surface area contributed by atoms with Crippen LogP contribution in [-0.2, 0) is 0 Å². The molecule has 0 saturated heterocycles. The predicted molar refractivity (Wildman–Crippen MR) is 72.4 cm³/mol. The molecule has 0 aromatic heterocycles. The van der Waals surface area contributed by atoms with E-state index in [4.69, 9.17) is 0 Å². The SMILES string of the molecule is C=C.Cc1cc(C)cc(C(C)C)c1.P. The van der Waals surface area contributed by atoms with Crippen LogP contribution in [0.4, 0.5) is 0 Å². The first-order valence-corrected chi connectivity index (χ1v) is 4.68. The molecule has 1 unspecified atom stereocenters. The zero-order valence-corrected chi connectivity index (χ0v) is 11.3. The molecule has 1 atom stereocenters. The number of hydrogen-bond acceptors (Lipinski definition) is 0. The van der Waals surface area contributed by atoms with Crippen molar-refractivity contribution >= 4 is 9.90 Å². The lowest BCUT2D eigenvalue weighted by Crippen LogP contribution is -1.89. The maximum Gasteiger partial charge on any atom is -0.0219 e. The molecular formula is C13H23P. The topological polar surface area (TPSA) is 0 Å². The molecule has 0 aliphatic carbocycles. The maximum absolute atomic E-state index is 3.00. The van der Waals surface area contributed by atoms with Gasteiger partial charge < -0.3 is 0 Å². The first kappa shape index (κ1) is 15.8. The van der Waals surface area contributed by atoms with Gasteiger partial charge in [0.05, 0.1) is 0 Å². The van der Waals surface area contributed by atoms with Crippen molar-refractivity contribution in [3.05, 3.63) is 48.0 Å². The molecule has 1 heteroatoms. The Morgan fingerprint density at radius 3 is 1.57 bits per heavy atom. The fourth-order valence-electron chi connectivity index (χ4n) is 1.34. The van der Waals surface area contributed by atoms with Gasteiger partial charge in [0.1, 0.15) is 0 Å². The van der Waals surface area contributed by atoms with Gasteiger partial charge in [-0.05, 0) is 25.3 Å². The Balaban J connectivity index is 0. The second-order valence-corrected chi connectivity index (χ2v) is 3.58. The Labute approximate surface area is 92.1 Å². The van der Waals surface area contributed by atoms with Gasteiger partial charge in [-0.3, -0.25) is 0 Å². The van der Waals surface area contributed by atoms with Crippen molar-refractivity contribution in [2.45, 2.75) is 33.6 Å². The van der Waals surface area contributed by atoms with E-state index in [1.807, 2.05) is 0 Å². The average Bonchev–Trinajstić information content (AvgIpc) is 2.06. The average molecular weight is 210 g/mol. The van der Waals surface area contributed by atoms with Gasteiger partial charge in [-0.15, -0.1) is 13.2 Å². The van der Waals surface area contributed by atoms with Gasteiger partial charge in [-0.1, -0.05) is 43.2 Å². The summed E-state index contributed by atoms with van der Waals surface area (Å²) < 4.78 is 0. The fourth-order valence-corrected chi connectivity index (χ4v) is 1.34. The van der Waals surface area contributed by atoms with E-state index in [2.05, 4.69) is 59.1 Å². The predicted octanol–water partition coefficient (Wildman–Crippen LogP) is 4.29. The molecule has 1 aromatic carbocycles. The molecule has 14 heavy (non-hydrogen) atoms. The minimum absolute atomic E-state index is 0. The monoisotopic (exact) mass is 210 g/mol. The van der Waals surface area contributed by atoms with Crippen LogP contribution in [0, 0.1) is 13.8 Å². The molecule has 0 N–H and O–H groups in total. The molecule has 0 amide bonds. The van der Waals surface area contributed by atoms with Gasteiger partial charge in [0.15, 0.2) is 0 Å². The lowest BCUT2D eigenvalue weighted by molar-refractivity contribution is 0.863. The molecule has 1 aromatic rings. The minimum atomic E-state index is 0. The molecule has 0 bridgehead atoms. The third kappa shape index (κ3) is 5.19. The summed E-state index contributed by atoms with van der Waals surface area (Å²) in [7, 11) is 0. The lowest BCUT2D eigenvalue weighted by Gasteiger charge is -2.07. The molecular weight excluding hydrogens is 187 g/mol. The summed E-state index contributed by atoms with van der Waals surface area (Å²) in [6, 6.07) is 6.74. The standard InChI is InChI=1S/C11H16.C2H4.H3P/c1-8(2)11-6-9(3)5-10(4)7-11;1-2;/h5-8H,1-4H3;1-2H2;1H3. The molecule has 0 saturated carbocycles. The summed E-state index contributed by atoms with van der Waals surface area (Å²) in [5.74, 6) is 0.647.